The van der Waals surface area contributed by atoms with Crippen molar-refractivity contribution in [2.75, 3.05) is 12.3 Å². The number of anilines is 1. The first-order chi connectivity index (χ1) is 15.3. The van der Waals surface area contributed by atoms with E-state index < -0.39 is 0 Å². The number of pyridine rings is 1. The van der Waals surface area contributed by atoms with Crippen molar-refractivity contribution in [3.8, 4) is 22.6 Å². The van der Waals surface area contributed by atoms with Crippen LogP contribution in [0.3, 0.4) is 0 Å². The first-order valence-corrected chi connectivity index (χ1v) is 10.4. The van der Waals surface area contributed by atoms with Gasteiger partial charge in [-0.05, 0) is 61.7 Å². The second-order valence-corrected chi connectivity index (χ2v) is 7.95. The van der Waals surface area contributed by atoms with Crippen LogP contribution in [-0.4, -0.2) is 22.0 Å². The average Bonchev–Trinajstić information content (AvgIpc) is 3.19. The highest BCUT2D eigenvalue weighted by atomic mass is 16.5. The molecule has 0 unspecified atom stereocenters. The summed E-state index contributed by atoms with van der Waals surface area (Å²) < 4.78 is 7.59. The highest BCUT2D eigenvalue weighted by molar-refractivity contribution is 6.02. The summed E-state index contributed by atoms with van der Waals surface area (Å²) in [5, 5.41) is 3.45. The number of nitrogens with one attached hydrogen (secondary N) is 2. The first-order valence-electron chi connectivity index (χ1n) is 10.4. The van der Waals surface area contributed by atoms with Gasteiger partial charge in [-0.15, -0.1) is 0 Å². The highest BCUT2D eigenvalue weighted by Gasteiger charge is 2.16. The minimum atomic E-state index is -0.248. The van der Waals surface area contributed by atoms with Gasteiger partial charge in [0.1, 0.15) is 22.7 Å². The Balaban J connectivity index is 1.83. The van der Waals surface area contributed by atoms with Crippen LogP contribution in [-0.2, 0) is 7.05 Å². The van der Waals surface area contributed by atoms with Gasteiger partial charge in [-0.25, -0.2) is 0 Å². The molecule has 7 nitrogen and oxygen atoms in total. The van der Waals surface area contributed by atoms with Gasteiger partial charge in [0, 0.05) is 42.5 Å². The number of amides is 1. The summed E-state index contributed by atoms with van der Waals surface area (Å²) in [6.07, 6.45) is 1.78. The normalized spacial score (nSPS) is 11.0. The standard InChI is InChI=1S/C25H26N4O3/c1-5-27-24(30)22-12-19-20(13-29(4)25(31)23(19)28-22)16-8-14(2)9-18(10-16)32-17-7-6-15(3)21(26)11-17/h6-13,28H,5,26H2,1-4H3,(H,27,30). The third-order valence-corrected chi connectivity index (χ3v) is 5.40. The molecule has 7 heteroatoms. The van der Waals surface area contributed by atoms with Crippen molar-refractivity contribution in [3.63, 3.8) is 0 Å². The minimum absolute atomic E-state index is 0.196. The van der Waals surface area contributed by atoms with Crippen molar-refractivity contribution in [2.45, 2.75) is 20.8 Å². The quantitative estimate of drug-likeness (QED) is 0.411. The van der Waals surface area contributed by atoms with E-state index in [9.17, 15) is 9.59 Å². The molecule has 0 aliphatic carbocycles. The van der Waals surface area contributed by atoms with E-state index in [0.717, 1.165) is 22.3 Å². The van der Waals surface area contributed by atoms with Gasteiger partial charge in [0.2, 0.25) is 0 Å². The lowest BCUT2D eigenvalue weighted by molar-refractivity contribution is 0.0951. The van der Waals surface area contributed by atoms with Gasteiger partial charge in [0.15, 0.2) is 0 Å². The van der Waals surface area contributed by atoms with Gasteiger partial charge in [-0.1, -0.05) is 12.1 Å². The van der Waals surface area contributed by atoms with Crippen molar-refractivity contribution in [1.29, 1.82) is 0 Å². The molecular formula is C25H26N4O3. The molecule has 0 radical (unpaired) electrons. The number of fused-ring (bicyclic) bond motifs is 1. The van der Waals surface area contributed by atoms with Gasteiger partial charge < -0.3 is 25.3 Å². The number of aromatic amines is 1. The number of carbonyl (C=O) groups is 1. The second-order valence-electron chi connectivity index (χ2n) is 7.95. The summed E-state index contributed by atoms with van der Waals surface area (Å²) >= 11 is 0. The van der Waals surface area contributed by atoms with Crippen molar-refractivity contribution in [3.05, 3.63) is 75.8 Å². The molecule has 4 rings (SSSR count). The van der Waals surface area contributed by atoms with Crippen LogP contribution in [0.2, 0.25) is 0 Å². The number of nitrogens with two attached hydrogens (primary N) is 1. The van der Waals surface area contributed by atoms with E-state index in [1.54, 1.807) is 25.4 Å². The maximum absolute atomic E-state index is 12.7. The first kappa shape index (κ1) is 21.2. The number of H-pyrrole nitrogens is 1. The molecule has 0 bridgehead atoms. The molecule has 0 saturated carbocycles. The van der Waals surface area contributed by atoms with Crippen molar-refractivity contribution in [2.24, 2.45) is 7.05 Å². The van der Waals surface area contributed by atoms with Crippen LogP contribution < -0.4 is 21.3 Å². The van der Waals surface area contributed by atoms with Crippen LogP contribution in [0.25, 0.3) is 22.0 Å². The van der Waals surface area contributed by atoms with Crippen molar-refractivity contribution in [1.82, 2.24) is 14.9 Å². The van der Waals surface area contributed by atoms with Crippen molar-refractivity contribution < 1.29 is 9.53 Å². The van der Waals surface area contributed by atoms with E-state index in [-0.39, 0.29) is 11.5 Å². The number of ether oxygens (including phenoxy) is 1. The SMILES string of the molecule is CCNC(=O)c1cc2c(-c3cc(C)cc(Oc4ccc(C)c(N)c4)c3)cn(C)c(=O)c2[nH]1. The molecule has 4 N–H and O–H groups in total. The molecule has 2 aromatic heterocycles. The third-order valence-electron chi connectivity index (χ3n) is 5.40. The zero-order chi connectivity index (χ0) is 23.0. The number of hydrogen-bond acceptors (Lipinski definition) is 4. The van der Waals surface area contributed by atoms with E-state index in [4.69, 9.17) is 10.5 Å². The Labute approximate surface area is 185 Å². The molecular weight excluding hydrogens is 404 g/mol. The fraction of sp³-hybridized carbons (Fsp3) is 0.200. The lowest BCUT2D eigenvalue weighted by Gasteiger charge is -2.12. The van der Waals surface area contributed by atoms with Crippen LogP contribution in [0.1, 0.15) is 28.5 Å². The van der Waals surface area contributed by atoms with Crippen LogP contribution in [0, 0.1) is 13.8 Å². The van der Waals surface area contributed by atoms with E-state index in [2.05, 4.69) is 10.3 Å². The molecule has 164 valence electrons. The fourth-order valence-electron chi connectivity index (χ4n) is 3.72. The number of hydrogen-bond donors (Lipinski definition) is 3. The Hall–Kier alpha value is -4.00. The Morgan fingerprint density at radius 2 is 1.91 bits per heavy atom. The second kappa shape index (κ2) is 8.26. The Kier molecular flexibility index (Phi) is 5.48. The molecule has 0 aliphatic rings. The number of nitrogen functional groups attached to an aromatic ring is 1. The molecule has 32 heavy (non-hydrogen) atoms. The number of carbonyl (C=O) groups excluding carboxylic acids is 1. The molecule has 4 aromatic rings. The fourth-order valence-corrected chi connectivity index (χ4v) is 3.72. The summed E-state index contributed by atoms with van der Waals surface area (Å²) in [5.41, 5.74) is 10.9. The third kappa shape index (κ3) is 3.97. The van der Waals surface area contributed by atoms with Crippen LogP contribution >= 0.6 is 0 Å². The van der Waals surface area contributed by atoms with Gasteiger partial charge in [0.05, 0.1) is 0 Å². The molecule has 0 saturated heterocycles. The minimum Gasteiger partial charge on any atom is -0.457 e. The van der Waals surface area contributed by atoms with Gasteiger partial charge >= 0.3 is 0 Å². The lowest BCUT2D eigenvalue weighted by atomic mass is 10.0. The molecule has 1 amide bonds. The van der Waals surface area contributed by atoms with Crippen LogP contribution in [0.15, 0.2) is 53.5 Å². The van der Waals surface area contributed by atoms with Gasteiger partial charge in [-0.2, -0.15) is 0 Å². The van der Waals surface area contributed by atoms with E-state index in [1.165, 1.54) is 4.57 Å². The summed E-state index contributed by atoms with van der Waals surface area (Å²) in [4.78, 5) is 28.0. The van der Waals surface area contributed by atoms with Crippen LogP contribution in [0.5, 0.6) is 11.5 Å². The summed E-state index contributed by atoms with van der Waals surface area (Å²) in [6.45, 7) is 6.28. The molecule has 2 aromatic carbocycles. The summed E-state index contributed by atoms with van der Waals surface area (Å²) in [6, 6.07) is 13.2. The maximum Gasteiger partial charge on any atom is 0.274 e. The number of benzene rings is 2. The zero-order valence-electron chi connectivity index (χ0n) is 18.6. The molecule has 2 heterocycles. The topological polar surface area (TPSA) is 102 Å². The smallest absolute Gasteiger partial charge is 0.274 e. The maximum atomic E-state index is 12.7. The average molecular weight is 431 g/mol. The number of aromatic nitrogens is 2. The van der Waals surface area contributed by atoms with Crippen LogP contribution in [0.4, 0.5) is 5.69 Å². The molecule has 0 atom stereocenters. The van der Waals surface area contributed by atoms with E-state index in [1.807, 2.05) is 51.1 Å². The summed E-state index contributed by atoms with van der Waals surface area (Å²) in [7, 11) is 1.69. The van der Waals surface area contributed by atoms with E-state index >= 15 is 0 Å². The lowest BCUT2D eigenvalue weighted by Crippen LogP contribution is -2.23. The predicted molar refractivity (Wildman–Crippen MR) is 127 cm³/mol. The Morgan fingerprint density at radius 1 is 1.12 bits per heavy atom. The number of nitrogens with zero attached hydrogens (tertiary/aromatic N) is 1. The van der Waals surface area contributed by atoms with E-state index in [0.29, 0.717) is 40.3 Å². The van der Waals surface area contributed by atoms with Gasteiger partial charge in [0.25, 0.3) is 11.5 Å². The molecule has 0 aliphatic heterocycles. The molecule has 0 spiro atoms. The monoisotopic (exact) mass is 430 g/mol. The predicted octanol–water partition coefficient (Wildman–Crippen LogP) is 4.27. The number of rotatable bonds is 5. The number of aryl methyl sites for hydroxylation is 3. The van der Waals surface area contributed by atoms with Gasteiger partial charge in [-0.3, -0.25) is 9.59 Å². The highest BCUT2D eigenvalue weighted by Crippen LogP contribution is 2.33. The zero-order valence-corrected chi connectivity index (χ0v) is 18.6. The molecule has 0 fully saturated rings. The Bertz CT molecular complexity index is 1400. The van der Waals surface area contributed by atoms with Crippen molar-refractivity contribution >= 4 is 22.5 Å². The Morgan fingerprint density at radius 3 is 2.62 bits per heavy atom. The summed E-state index contributed by atoms with van der Waals surface area (Å²) in [5.74, 6) is 1.06. The largest absolute Gasteiger partial charge is 0.457 e.